The number of hydrogen-bond acceptors (Lipinski definition) is 4. The van der Waals surface area contributed by atoms with E-state index >= 15 is 0 Å². The molecule has 142 valence electrons. The highest BCUT2D eigenvalue weighted by molar-refractivity contribution is 14.1. The normalized spacial score (nSPS) is 14.2. The fourth-order valence-electron chi connectivity index (χ4n) is 3.25. The van der Waals surface area contributed by atoms with E-state index < -0.39 is 0 Å². The van der Waals surface area contributed by atoms with Crippen LogP contribution in [0.1, 0.15) is 21.0 Å². The lowest BCUT2D eigenvalue weighted by Crippen LogP contribution is -2.51. The van der Waals surface area contributed by atoms with Crippen LogP contribution in [0.15, 0.2) is 61.2 Å². The van der Waals surface area contributed by atoms with E-state index in [1.165, 1.54) is 18.6 Å². The van der Waals surface area contributed by atoms with Gasteiger partial charge < -0.3 is 14.4 Å². The van der Waals surface area contributed by atoms with Crippen molar-refractivity contribution in [3.05, 3.63) is 76.1 Å². The second-order valence-corrected chi connectivity index (χ2v) is 7.66. The van der Waals surface area contributed by atoms with Crippen LogP contribution in [-0.2, 0) is 0 Å². The molecule has 1 aromatic carbocycles. The Morgan fingerprint density at radius 3 is 2.36 bits per heavy atom. The number of benzene rings is 1. The molecule has 1 aliphatic heterocycles. The van der Waals surface area contributed by atoms with Crippen LogP contribution < -0.4 is 0 Å². The maximum atomic E-state index is 13.1. The number of carbonyl (C=O) groups excluding carboxylic acids is 2. The zero-order valence-corrected chi connectivity index (χ0v) is 17.2. The van der Waals surface area contributed by atoms with E-state index in [2.05, 4.69) is 32.6 Å². The van der Waals surface area contributed by atoms with E-state index in [9.17, 15) is 9.59 Å². The van der Waals surface area contributed by atoms with Crippen LogP contribution in [0.25, 0.3) is 5.69 Å². The monoisotopic (exact) mass is 487 g/mol. The average Bonchev–Trinajstić information content (AvgIpc) is 3.23. The van der Waals surface area contributed by atoms with Crippen LogP contribution in [0.4, 0.5) is 0 Å². The molecule has 1 fully saturated rings. The van der Waals surface area contributed by atoms with Crippen LogP contribution in [0, 0.1) is 3.57 Å². The van der Waals surface area contributed by atoms with Gasteiger partial charge in [0.25, 0.3) is 11.8 Å². The second kappa shape index (κ2) is 8.09. The highest BCUT2D eigenvalue weighted by atomic mass is 127. The summed E-state index contributed by atoms with van der Waals surface area (Å²) in [6.45, 7) is 1.93. The van der Waals surface area contributed by atoms with Gasteiger partial charge in [-0.15, -0.1) is 0 Å². The molecule has 3 heterocycles. The van der Waals surface area contributed by atoms with E-state index in [-0.39, 0.29) is 11.8 Å². The Labute approximate surface area is 176 Å². The Hall–Kier alpha value is -2.75. The minimum Gasteiger partial charge on any atom is -0.334 e. The average molecular weight is 487 g/mol. The largest absolute Gasteiger partial charge is 0.334 e. The number of piperazine rings is 1. The molecule has 0 saturated carbocycles. The summed E-state index contributed by atoms with van der Waals surface area (Å²) in [5.74, 6) is -0.183. The Morgan fingerprint density at radius 2 is 1.68 bits per heavy atom. The number of hydrogen-bond donors (Lipinski definition) is 0. The SMILES string of the molecule is O=C(c1cnccn1)N1CCN(C(=O)c2cccn2-c2cccc(I)c2)CC1. The van der Waals surface area contributed by atoms with Gasteiger partial charge in [-0.05, 0) is 52.9 Å². The fraction of sp³-hybridized carbons (Fsp3) is 0.200. The van der Waals surface area contributed by atoms with Gasteiger partial charge in [-0.2, -0.15) is 0 Å². The van der Waals surface area contributed by atoms with Gasteiger partial charge in [0.1, 0.15) is 11.4 Å². The van der Waals surface area contributed by atoms with Crippen molar-refractivity contribution in [3.8, 4) is 5.69 Å². The van der Waals surface area contributed by atoms with Gasteiger partial charge in [0.2, 0.25) is 0 Å². The van der Waals surface area contributed by atoms with Gasteiger partial charge >= 0.3 is 0 Å². The van der Waals surface area contributed by atoms with Crippen molar-refractivity contribution < 1.29 is 9.59 Å². The summed E-state index contributed by atoms with van der Waals surface area (Å²) >= 11 is 2.26. The summed E-state index contributed by atoms with van der Waals surface area (Å²) in [5.41, 5.74) is 1.90. The molecule has 2 amide bonds. The zero-order chi connectivity index (χ0) is 19.5. The van der Waals surface area contributed by atoms with Gasteiger partial charge in [0, 0.05) is 54.0 Å². The number of amides is 2. The predicted molar refractivity (Wildman–Crippen MR) is 112 cm³/mol. The summed E-state index contributed by atoms with van der Waals surface area (Å²) in [7, 11) is 0. The van der Waals surface area contributed by atoms with Crippen molar-refractivity contribution in [2.75, 3.05) is 26.2 Å². The molecular formula is C20H18IN5O2. The highest BCUT2D eigenvalue weighted by Gasteiger charge is 2.27. The summed E-state index contributed by atoms with van der Waals surface area (Å²) in [6.07, 6.45) is 6.41. The molecule has 0 unspecified atom stereocenters. The first kappa shape index (κ1) is 18.6. The number of aromatic nitrogens is 3. The van der Waals surface area contributed by atoms with Crippen LogP contribution in [0.5, 0.6) is 0 Å². The van der Waals surface area contributed by atoms with Gasteiger partial charge in [-0.3, -0.25) is 14.6 Å². The Balaban J connectivity index is 1.45. The van der Waals surface area contributed by atoms with E-state index in [1.807, 2.05) is 47.2 Å². The number of halogens is 1. The van der Waals surface area contributed by atoms with Crippen LogP contribution >= 0.6 is 22.6 Å². The molecular weight excluding hydrogens is 469 g/mol. The standard InChI is InChI=1S/C20H18IN5O2/c21-15-3-1-4-16(13-15)26-8-2-5-18(26)20(28)25-11-9-24(10-12-25)19(27)17-14-22-6-7-23-17/h1-8,13-14H,9-12H2. The molecule has 0 atom stereocenters. The van der Waals surface area contributed by atoms with Crippen molar-refractivity contribution in [3.63, 3.8) is 0 Å². The van der Waals surface area contributed by atoms with Gasteiger partial charge in [-0.1, -0.05) is 6.07 Å². The third-order valence-electron chi connectivity index (χ3n) is 4.69. The predicted octanol–water partition coefficient (Wildman–Crippen LogP) is 2.47. The van der Waals surface area contributed by atoms with Crippen molar-refractivity contribution in [1.82, 2.24) is 24.3 Å². The van der Waals surface area contributed by atoms with Gasteiger partial charge in [-0.25, -0.2) is 4.98 Å². The van der Waals surface area contributed by atoms with Crippen molar-refractivity contribution >= 4 is 34.4 Å². The summed E-state index contributed by atoms with van der Waals surface area (Å²) in [4.78, 5) is 37.1. The molecule has 0 N–H and O–H groups in total. The first-order chi connectivity index (χ1) is 13.6. The molecule has 4 rings (SSSR count). The Morgan fingerprint density at radius 1 is 0.929 bits per heavy atom. The molecule has 1 aliphatic rings. The molecule has 0 radical (unpaired) electrons. The Bertz CT molecular complexity index is 997. The molecule has 2 aromatic heterocycles. The first-order valence-corrected chi connectivity index (χ1v) is 9.99. The van der Waals surface area contributed by atoms with Gasteiger partial charge in [0.05, 0.1) is 6.20 Å². The lowest BCUT2D eigenvalue weighted by molar-refractivity contribution is 0.0528. The first-order valence-electron chi connectivity index (χ1n) is 8.91. The third-order valence-corrected chi connectivity index (χ3v) is 5.36. The maximum absolute atomic E-state index is 13.1. The minimum absolute atomic E-state index is 0.0320. The molecule has 7 nitrogen and oxygen atoms in total. The van der Waals surface area contributed by atoms with Crippen molar-refractivity contribution in [1.29, 1.82) is 0 Å². The topological polar surface area (TPSA) is 71.3 Å². The molecule has 0 aliphatic carbocycles. The van der Waals surface area contributed by atoms with E-state index in [4.69, 9.17) is 0 Å². The van der Waals surface area contributed by atoms with E-state index in [0.717, 1.165) is 9.26 Å². The maximum Gasteiger partial charge on any atom is 0.274 e. The van der Waals surface area contributed by atoms with Crippen molar-refractivity contribution in [2.45, 2.75) is 0 Å². The smallest absolute Gasteiger partial charge is 0.274 e. The highest BCUT2D eigenvalue weighted by Crippen LogP contribution is 2.18. The number of carbonyl (C=O) groups is 2. The molecule has 0 bridgehead atoms. The third kappa shape index (κ3) is 3.77. The quantitative estimate of drug-likeness (QED) is 0.533. The molecule has 8 heteroatoms. The lowest BCUT2D eigenvalue weighted by atomic mass is 10.2. The minimum atomic E-state index is -0.151. The number of nitrogens with zero attached hydrogens (tertiary/aromatic N) is 5. The number of rotatable bonds is 3. The summed E-state index contributed by atoms with van der Waals surface area (Å²) < 4.78 is 3.01. The summed E-state index contributed by atoms with van der Waals surface area (Å²) in [5, 5.41) is 0. The summed E-state index contributed by atoms with van der Waals surface area (Å²) in [6, 6.07) is 11.7. The molecule has 1 saturated heterocycles. The van der Waals surface area contributed by atoms with E-state index in [1.54, 1.807) is 9.80 Å². The van der Waals surface area contributed by atoms with Gasteiger partial charge in [0.15, 0.2) is 0 Å². The second-order valence-electron chi connectivity index (χ2n) is 6.42. The zero-order valence-electron chi connectivity index (χ0n) is 15.0. The fourth-order valence-corrected chi connectivity index (χ4v) is 3.78. The van der Waals surface area contributed by atoms with Crippen LogP contribution in [0.3, 0.4) is 0 Å². The molecule has 3 aromatic rings. The van der Waals surface area contributed by atoms with E-state index in [0.29, 0.717) is 37.6 Å². The molecule has 0 spiro atoms. The van der Waals surface area contributed by atoms with Crippen LogP contribution in [-0.4, -0.2) is 62.3 Å². The Kier molecular flexibility index (Phi) is 5.38. The molecule has 28 heavy (non-hydrogen) atoms. The lowest BCUT2D eigenvalue weighted by Gasteiger charge is -2.34. The van der Waals surface area contributed by atoms with Crippen LogP contribution in [0.2, 0.25) is 0 Å². The van der Waals surface area contributed by atoms with Crippen molar-refractivity contribution in [2.24, 2.45) is 0 Å².